The summed E-state index contributed by atoms with van der Waals surface area (Å²) in [6, 6.07) is 0.677. The third-order valence-corrected chi connectivity index (χ3v) is 5.04. The van der Waals surface area contributed by atoms with Crippen LogP contribution in [-0.4, -0.2) is 33.1 Å². The number of hydrogen-bond donors (Lipinski definition) is 1. The standard InChI is InChI=1S/C15H28N4S/c1-3-13(16-4-2)9-8-12-20-15-18-17-14-10-6-5-7-11-19(14)15/h13,16H,3-12H2,1-2H3. The van der Waals surface area contributed by atoms with Crippen LogP contribution in [-0.2, 0) is 13.0 Å². The van der Waals surface area contributed by atoms with Crippen LogP contribution in [0.15, 0.2) is 5.16 Å². The van der Waals surface area contributed by atoms with E-state index in [1.165, 1.54) is 44.3 Å². The third-order valence-electron chi connectivity index (χ3n) is 3.99. The first-order valence-electron chi connectivity index (χ1n) is 8.13. The highest BCUT2D eigenvalue weighted by molar-refractivity contribution is 7.99. The Kier molecular flexibility index (Phi) is 6.87. The first-order valence-corrected chi connectivity index (χ1v) is 9.12. The van der Waals surface area contributed by atoms with Crippen molar-refractivity contribution in [2.45, 2.75) is 76.5 Å². The summed E-state index contributed by atoms with van der Waals surface area (Å²) in [6.45, 7) is 6.63. The van der Waals surface area contributed by atoms with E-state index >= 15 is 0 Å². The highest BCUT2D eigenvalue weighted by Gasteiger charge is 2.14. The normalized spacial score (nSPS) is 16.7. The van der Waals surface area contributed by atoms with Crippen LogP contribution >= 0.6 is 11.8 Å². The molecule has 0 aromatic carbocycles. The van der Waals surface area contributed by atoms with Crippen LogP contribution in [0.2, 0.25) is 0 Å². The summed E-state index contributed by atoms with van der Waals surface area (Å²) < 4.78 is 2.35. The average molecular weight is 296 g/mol. The molecule has 0 radical (unpaired) electrons. The zero-order chi connectivity index (χ0) is 14.2. The molecule has 0 spiro atoms. The molecule has 0 saturated carbocycles. The quantitative estimate of drug-likeness (QED) is 0.590. The fourth-order valence-electron chi connectivity index (χ4n) is 2.80. The van der Waals surface area contributed by atoms with Gasteiger partial charge in [0.2, 0.25) is 0 Å². The molecule has 20 heavy (non-hydrogen) atoms. The lowest BCUT2D eigenvalue weighted by atomic mass is 10.1. The Morgan fingerprint density at radius 1 is 1.25 bits per heavy atom. The smallest absolute Gasteiger partial charge is 0.191 e. The predicted molar refractivity (Wildman–Crippen MR) is 85.3 cm³/mol. The van der Waals surface area contributed by atoms with Crippen molar-refractivity contribution < 1.29 is 0 Å². The van der Waals surface area contributed by atoms with Crippen molar-refractivity contribution in [3.8, 4) is 0 Å². The van der Waals surface area contributed by atoms with Crippen LogP contribution in [0.25, 0.3) is 0 Å². The van der Waals surface area contributed by atoms with E-state index in [9.17, 15) is 0 Å². The van der Waals surface area contributed by atoms with Crippen LogP contribution in [0.4, 0.5) is 0 Å². The molecule has 4 nitrogen and oxygen atoms in total. The maximum Gasteiger partial charge on any atom is 0.191 e. The van der Waals surface area contributed by atoms with Gasteiger partial charge < -0.3 is 9.88 Å². The molecule has 1 aliphatic heterocycles. The zero-order valence-corrected chi connectivity index (χ0v) is 13.7. The van der Waals surface area contributed by atoms with E-state index in [2.05, 4.69) is 33.9 Å². The van der Waals surface area contributed by atoms with Crippen LogP contribution in [0, 0.1) is 0 Å². The van der Waals surface area contributed by atoms with Crippen LogP contribution in [0.3, 0.4) is 0 Å². The van der Waals surface area contributed by atoms with Crippen molar-refractivity contribution in [2.75, 3.05) is 12.3 Å². The minimum absolute atomic E-state index is 0.677. The van der Waals surface area contributed by atoms with Gasteiger partial charge in [0.1, 0.15) is 5.82 Å². The van der Waals surface area contributed by atoms with Crippen LogP contribution in [0.1, 0.15) is 58.2 Å². The second-order valence-corrected chi connectivity index (χ2v) is 6.58. The van der Waals surface area contributed by atoms with Crippen LogP contribution < -0.4 is 5.32 Å². The van der Waals surface area contributed by atoms with Gasteiger partial charge in [-0.25, -0.2) is 0 Å². The summed E-state index contributed by atoms with van der Waals surface area (Å²) in [4.78, 5) is 0. The molecule has 1 N–H and O–H groups in total. The molecule has 0 saturated heterocycles. The predicted octanol–water partition coefficient (Wildman–Crippen LogP) is 3.26. The van der Waals surface area contributed by atoms with Gasteiger partial charge in [-0.15, -0.1) is 10.2 Å². The molecule has 1 aliphatic rings. The van der Waals surface area contributed by atoms with Crippen molar-refractivity contribution in [1.82, 2.24) is 20.1 Å². The minimum Gasteiger partial charge on any atom is -0.314 e. The summed E-state index contributed by atoms with van der Waals surface area (Å²) in [6.07, 6.45) is 8.70. The zero-order valence-electron chi connectivity index (χ0n) is 12.9. The van der Waals surface area contributed by atoms with Gasteiger partial charge in [0.15, 0.2) is 5.16 Å². The summed E-state index contributed by atoms with van der Waals surface area (Å²) in [5, 5.41) is 13.4. The molecular weight excluding hydrogens is 268 g/mol. The first-order chi connectivity index (χ1) is 9.85. The minimum atomic E-state index is 0.677. The molecule has 2 heterocycles. The summed E-state index contributed by atoms with van der Waals surface area (Å²) in [5.41, 5.74) is 0. The Balaban J connectivity index is 1.75. The molecule has 114 valence electrons. The number of aryl methyl sites for hydroxylation is 1. The molecule has 0 amide bonds. The summed E-state index contributed by atoms with van der Waals surface area (Å²) in [7, 11) is 0. The van der Waals surface area contributed by atoms with Gasteiger partial charge in [-0.3, -0.25) is 0 Å². The monoisotopic (exact) mass is 296 g/mol. The lowest BCUT2D eigenvalue weighted by Crippen LogP contribution is -2.28. The van der Waals surface area contributed by atoms with E-state index in [0.717, 1.165) is 30.4 Å². The lowest BCUT2D eigenvalue weighted by molar-refractivity contribution is 0.477. The molecule has 1 atom stereocenters. The van der Waals surface area contributed by atoms with Gasteiger partial charge in [0, 0.05) is 24.8 Å². The van der Waals surface area contributed by atoms with Gasteiger partial charge in [-0.1, -0.05) is 32.0 Å². The molecule has 1 aromatic heterocycles. The second kappa shape index (κ2) is 8.67. The molecule has 0 fully saturated rings. The van der Waals surface area contributed by atoms with E-state index < -0.39 is 0 Å². The van der Waals surface area contributed by atoms with Crippen molar-refractivity contribution in [3.05, 3.63) is 5.82 Å². The van der Waals surface area contributed by atoms with E-state index in [4.69, 9.17) is 0 Å². The fourth-order valence-corrected chi connectivity index (χ4v) is 3.74. The van der Waals surface area contributed by atoms with Crippen LogP contribution in [0.5, 0.6) is 0 Å². The van der Waals surface area contributed by atoms with Gasteiger partial charge in [-0.05, 0) is 38.6 Å². The Hall–Kier alpha value is -0.550. The number of rotatable bonds is 8. The van der Waals surface area contributed by atoms with E-state index in [1.54, 1.807) is 0 Å². The number of hydrogen-bond acceptors (Lipinski definition) is 4. The molecule has 1 unspecified atom stereocenters. The largest absolute Gasteiger partial charge is 0.314 e. The number of nitrogens with one attached hydrogen (secondary N) is 1. The maximum absolute atomic E-state index is 4.37. The van der Waals surface area contributed by atoms with Gasteiger partial charge in [0.25, 0.3) is 0 Å². The Morgan fingerprint density at radius 3 is 2.95 bits per heavy atom. The second-order valence-electron chi connectivity index (χ2n) is 5.51. The molecular formula is C15H28N4S. The SMILES string of the molecule is CCNC(CC)CCCSc1nnc2n1CCCCC2. The first kappa shape index (κ1) is 15.8. The third kappa shape index (κ3) is 4.48. The van der Waals surface area contributed by atoms with Gasteiger partial charge >= 0.3 is 0 Å². The van der Waals surface area contributed by atoms with E-state index in [1.807, 2.05) is 11.8 Å². The molecule has 2 rings (SSSR count). The Bertz CT molecular complexity index is 391. The highest BCUT2D eigenvalue weighted by atomic mass is 32.2. The number of nitrogens with zero attached hydrogens (tertiary/aromatic N) is 3. The topological polar surface area (TPSA) is 42.7 Å². The van der Waals surface area contributed by atoms with E-state index in [0.29, 0.717) is 6.04 Å². The van der Waals surface area contributed by atoms with Crippen molar-refractivity contribution >= 4 is 11.8 Å². The molecule has 0 bridgehead atoms. The van der Waals surface area contributed by atoms with Crippen molar-refractivity contribution in [1.29, 1.82) is 0 Å². The Morgan fingerprint density at radius 2 is 2.15 bits per heavy atom. The fraction of sp³-hybridized carbons (Fsp3) is 0.867. The van der Waals surface area contributed by atoms with Crippen molar-refractivity contribution in [2.24, 2.45) is 0 Å². The summed E-state index contributed by atoms with van der Waals surface area (Å²) in [5.74, 6) is 2.35. The highest BCUT2D eigenvalue weighted by Crippen LogP contribution is 2.22. The van der Waals surface area contributed by atoms with Gasteiger partial charge in [-0.2, -0.15) is 0 Å². The summed E-state index contributed by atoms with van der Waals surface area (Å²) >= 11 is 1.88. The molecule has 1 aromatic rings. The average Bonchev–Trinajstić information content (AvgIpc) is 2.70. The Labute approximate surface area is 127 Å². The molecule has 5 heteroatoms. The number of thioether (sulfide) groups is 1. The number of aromatic nitrogens is 3. The number of fused-ring (bicyclic) bond motifs is 1. The van der Waals surface area contributed by atoms with Gasteiger partial charge in [0.05, 0.1) is 0 Å². The van der Waals surface area contributed by atoms with E-state index in [-0.39, 0.29) is 0 Å². The molecule has 0 aliphatic carbocycles. The lowest BCUT2D eigenvalue weighted by Gasteiger charge is -2.15. The van der Waals surface area contributed by atoms with Crippen molar-refractivity contribution in [3.63, 3.8) is 0 Å². The maximum atomic E-state index is 4.37.